The largest absolute Gasteiger partial charge is 0.491 e. The van der Waals surface area contributed by atoms with Gasteiger partial charge < -0.3 is 15.0 Å². The van der Waals surface area contributed by atoms with Crippen LogP contribution in [-0.4, -0.2) is 67.0 Å². The molecule has 1 heterocycles. The maximum atomic E-state index is 12.4. The first-order valence-corrected chi connectivity index (χ1v) is 10.8. The van der Waals surface area contributed by atoms with E-state index in [4.69, 9.17) is 4.74 Å². The lowest BCUT2D eigenvalue weighted by Gasteiger charge is -2.33. The first kappa shape index (κ1) is 23.2. The van der Waals surface area contributed by atoms with E-state index in [1.165, 1.54) is 5.56 Å². The zero-order chi connectivity index (χ0) is 21.4. The molecule has 0 unspecified atom stereocenters. The number of hydrogen-bond donors (Lipinski definition) is 1. The van der Waals surface area contributed by atoms with Gasteiger partial charge in [-0.2, -0.15) is 0 Å². The van der Waals surface area contributed by atoms with Gasteiger partial charge in [0.2, 0.25) is 11.8 Å². The summed E-state index contributed by atoms with van der Waals surface area (Å²) in [6, 6.07) is 8.25. The molecule has 1 aliphatic rings. The second-order valence-electron chi connectivity index (χ2n) is 8.50. The van der Waals surface area contributed by atoms with Gasteiger partial charge in [-0.1, -0.05) is 12.1 Å². The van der Waals surface area contributed by atoms with Crippen molar-refractivity contribution in [2.24, 2.45) is 5.92 Å². The molecule has 1 aromatic rings. The Morgan fingerprint density at radius 3 is 2.31 bits per heavy atom. The normalized spacial score (nSPS) is 15.6. The van der Waals surface area contributed by atoms with Crippen LogP contribution in [0.5, 0.6) is 5.75 Å². The fourth-order valence-electron chi connectivity index (χ4n) is 3.49. The maximum absolute atomic E-state index is 12.4. The number of carbonyl (C=O) groups is 2. The van der Waals surface area contributed by atoms with Crippen molar-refractivity contribution in [3.05, 3.63) is 29.8 Å². The minimum atomic E-state index is 0.0498. The highest BCUT2D eigenvalue weighted by atomic mass is 16.5. The van der Waals surface area contributed by atoms with Crippen LogP contribution in [0.2, 0.25) is 0 Å². The van der Waals surface area contributed by atoms with Gasteiger partial charge in [0.05, 0.1) is 12.6 Å². The second kappa shape index (κ2) is 11.2. The minimum Gasteiger partial charge on any atom is -0.491 e. The van der Waals surface area contributed by atoms with Gasteiger partial charge in [0, 0.05) is 25.6 Å². The van der Waals surface area contributed by atoms with Crippen LogP contribution in [0.4, 0.5) is 0 Å². The number of nitrogens with zero attached hydrogens (tertiary/aromatic N) is 2. The van der Waals surface area contributed by atoms with E-state index in [-0.39, 0.29) is 29.9 Å². The van der Waals surface area contributed by atoms with Gasteiger partial charge in [0.15, 0.2) is 0 Å². The predicted molar refractivity (Wildman–Crippen MR) is 116 cm³/mol. The summed E-state index contributed by atoms with van der Waals surface area (Å²) in [6.45, 7) is 10.7. The summed E-state index contributed by atoms with van der Waals surface area (Å²) in [5.41, 5.74) is 1.18. The van der Waals surface area contributed by atoms with E-state index < -0.39 is 0 Å². The highest BCUT2D eigenvalue weighted by Gasteiger charge is 2.28. The number of carbonyl (C=O) groups excluding carboxylic acids is 2. The highest BCUT2D eigenvalue weighted by molar-refractivity contribution is 5.79. The van der Waals surface area contributed by atoms with Crippen molar-refractivity contribution in [1.29, 1.82) is 0 Å². The Balaban J connectivity index is 1.65. The summed E-state index contributed by atoms with van der Waals surface area (Å²) in [5, 5.41) is 3.01. The van der Waals surface area contributed by atoms with Gasteiger partial charge in [0.25, 0.3) is 0 Å². The van der Waals surface area contributed by atoms with Crippen LogP contribution in [0.25, 0.3) is 0 Å². The molecule has 2 amide bonds. The molecule has 0 spiro atoms. The summed E-state index contributed by atoms with van der Waals surface area (Å²) in [5.74, 6) is 1.24. The molecule has 0 saturated carbocycles. The molecule has 1 N–H and O–H groups in total. The van der Waals surface area contributed by atoms with Crippen molar-refractivity contribution in [1.82, 2.24) is 15.1 Å². The molecule has 6 heteroatoms. The summed E-state index contributed by atoms with van der Waals surface area (Å²) in [6.07, 6.45) is 2.62. The van der Waals surface area contributed by atoms with Crippen LogP contribution in [0.1, 0.15) is 46.1 Å². The fraction of sp³-hybridized carbons (Fsp3) is 0.652. The van der Waals surface area contributed by atoms with E-state index in [0.29, 0.717) is 13.1 Å². The number of rotatable bonds is 9. The average Bonchev–Trinajstić information content (AvgIpc) is 2.68. The molecule has 0 atom stereocenters. The van der Waals surface area contributed by atoms with Crippen LogP contribution in [0.15, 0.2) is 24.3 Å². The molecule has 6 nitrogen and oxygen atoms in total. The number of hydrogen-bond acceptors (Lipinski definition) is 4. The van der Waals surface area contributed by atoms with Crippen LogP contribution in [-0.2, 0) is 16.0 Å². The quantitative estimate of drug-likeness (QED) is 0.689. The smallest absolute Gasteiger partial charge is 0.234 e. The van der Waals surface area contributed by atoms with Gasteiger partial charge in [-0.25, -0.2) is 0 Å². The maximum Gasteiger partial charge on any atom is 0.234 e. The van der Waals surface area contributed by atoms with Crippen molar-refractivity contribution in [3.8, 4) is 5.75 Å². The molecule has 2 rings (SSSR count). The van der Waals surface area contributed by atoms with Gasteiger partial charge in [0.1, 0.15) is 5.75 Å². The Labute approximate surface area is 175 Å². The lowest BCUT2D eigenvalue weighted by molar-refractivity contribution is -0.137. The monoisotopic (exact) mass is 403 g/mol. The second-order valence-corrected chi connectivity index (χ2v) is 8.50. The lowest BCUT2D eigenvalue weighted by Crippen LogP contribution is -2.46. The van der Waals surface area contributed by atoms with Crippen molar-refractivity contribution < 1.29 is 14.3 Å². The van der Waals surface area contributed by atoms with Crippen molar-refractivity contribution in [3.63, 3.8) is 0 Å². The molecule has 0 bridgehead atoms. The number of nitrogens with one attached hydrogen (secondary N) is 1. The SMILES string of the molecule is CC(C)Oc1ccc(CCNC(=O)CN2CCC(C(=O)N(C)C(C)C)CC2)cc1. The fourth-order valence-corrected chi connectivity index (χ4v) is 3.49. The molecule has 1 fully saturated rings. The summed E-state index contributed by atoms with van der Waals surface area (Å²) in [7, 11) is 1.87. The van der Waals surface area contributed by atoms with E-state index in [1.807, 2.05) is 63.9 Å². The Bertz CT molecular complexity index is 650. The number of benzene rings is 1. The molecule has 0 aromatic heterocycles. The zero-order valence-corrected chi connectivity index (χ0v) is 18.6. The zero-order valence-electron chi connectivity index (χ0n) is 18.6. The van der Waals surface area contributed by atoms with Crippen LogP contribution >= 0.6 is 0 Å². The van der Waals surface area contributed by atoms with E-state index >= 15 is 0 Å². The molecule has 29 heavy (non-hydrogen) atoms. The number of amides is 2. The molecule has 1 aliphatic heterocycles. The first-order valence-electron chi connectivity index (χ1n) is 10.8. The summed E-state index contributed by atoms with van der Waals surface area (Å²) >= 11 is 0. The van der Waals surface area contributed by atoms with Gasteiger partial charge >= 0.3 is 0 Å². The van der Waals surface area contributed by atoms with Crippen LogP contribution < -0.4 is 10.1 Å². The standard InChI is InChI=1S/C23H37N3O3/c1-17(2)25(5)23(28)20-11-14-26(15-12-20)16-22(27)24-13-10-19-6-8-21(9-7-19)29-18(3)4/h6-9,17-18,20H,10-16H2,1-5H3,(H,24,27). The minimum absolute atomic E-state index is 0.0498. The van der Waals surface area contributed by atoms with E-state index in [0.717, 1.165) is 38.1 Å². The van der Waals surface area contributed by atoms with Crippen molar-refractivity contribution >= 4 is 11.8 Å². The third-order valence-corrected chi connectivity index (χ3v) is 5.46. The van der Waals surface area contributed by atoms with E-state index in [9.17, 15) is 9.59 Å². The first-order chi connectivity index (χ1) is 13.8. The molecule has 0 radical (unpaired) electrons. The Hall–Kier alpha value is -2.08. The molecule has 1 saturated heterocycles. The Kier molecular flexibility index (Phi) is 8.96. The van der Waals surface area contributed by atoms with Gasteiger partial charge in [-0.3, -0.25) is 14.5 Å². The number of ether oxygens (including phenoxy) is 1. The molecule has 162 valence electrons. The average molecular weight is 404 g/mol. The van der Waals surface area contributed by atoms with Gasteiger partial charge in [-0.15, -0.1) is 0 Å². The summed E-state index contributed by atoms with van der Waals surface area (Å²) in [4.78, 5) is 28.7. The molecule has 0 aliphatic carbocycles. The third kappa shape index (κ3) is 7.69. The van der Waals surface area contributed by atoms with Gasteiger partial charge in [-0.05, 0) is 77.7 Å². The molecule has 1 aromatic carbocycles. The van der Waals surface area contributed by atoms with Crippen LogP contribution in [0, 0.1) is 5.92 Å². The third-order valence-electron chi connectivity index (χ3n) is 5.46. The van der Waals surface area contributed by atoms with E-state index in [1.54, 1.807) is 0 Å². The van der Waals surface area contributed by atoms with E-state index in [2.05, 4.69) is 10.2 Å². The molecular weight excluding hydrogens is 366 g/mol. The van der Waals surface area contributed by atoms with Crippen molar-refractivity contribution in [2.75, 3.05) is 33.2 Å². The predicted octanol–water partition coefficient (Wildman–Crippen LogP) is 2.71. The highest BCUT2D eigenvalue weighted by Crippen LogP contribution is 2.20. The Morgan fingerprint density at radius 1 is 1.14 bits per heavy atom. The number of likely N-dealkylation sites (tertiary alicyclic amines) is 1. The van der Waals surface area contributed by atoms with Crippen LogP contribution in [0.3, 0.4) is 0 Å². The van der Waals surface area contributed by atoms with Crippen molar-refractivity contribution in [2.45, 2.75) is 59.1 Å². The Morgan fingerprint density at radius 2 is 1.76 bits per heavy atom. The lowest BCUT2D eigenvalue weighted by atomic mass is 9.95. The number of piperidine rings is 1. The molecular formula is C23H37N3O3. The summed E-state index contributed by atoms with van der Waals surface area (Å²) < 4.78 is 5.64. The topological polar surface area (TPSA) is 61.9 Å².